The second-order valence-electron chi connectivity index (χ2n) is 4.93. The van der Waals surface area contributed by atoms with Gasteiger partial charge in [-0.2, -0.15) is 0 Å². The van der Waals surface area contributed by atoms with E-state index < -0.39 is 0 Å². The Labute approximate surface area is 123 Å². The molecule has 0 unspecified atom stereocenters. The largest absolute Gasteiger partial charge is 0.494 e. The van der Waals surface area contributed by atoms with Crippen molar-refractivity contribution in [3.05, 3.63) is 47.8 Å². The van der Waals surface area contributed by atoms with Gasteiger partial charge in [-0.05, 0) is 42.7 Å². The maximum Gasteiger partial charge on any atom is 0.259 e. The first-order chi connectivity index (χ1) is 10.3. The van der Waals surface area contributed by atoms with Crippen molar-refractivity contribution in [2.75, 3.05) is 24.3 Å². The quantitative estimate of drug-likeness (QED) is 0.909. The van der Waals surface area contributed by atoms with Gasteiger partial charge >= 0.3 is 0 Å². The number of methoxy groups -OCH3 is 1. The molecule has 1 aromatic carbocycles. The van der Waals surface area contributed by atoms with E-state index in [1.54, 1.807) is 12.3 Å². The zero-order chi connectivity index (χ0) is 14.7. The Balaban J connectivity index is 1.81. The van der Waals surface area contributed by atoms with E-state index >= 15 is 0 Å². The average Bonchev–Trinajstić information content (AvgIpc) is 2.54. The number of aromatic nitrogens is 1. The minimum Gasteiger partial charge on any atom is -0.494 e. The second-order valence-corrected chi connectivity index (χ2v) is 4.93. The number of anilines is 2. The topological polar surface area (TPSA) is 63.2 Å². The molecular formula is C16H17N3O2. The number of benzene rings is 1. The highest BCUT2D eigenvalue weighted by Crippen LogP contribution is 2.26. The molecule has 0 radical (unpaired) electrons. The Bertz CT molecular complexity index is 670. The fourth-order valence-corrected chi connectivity index (χ4v) is 2.48. The molecule has 5 heteroatoms. The van der Waals surface area contributed by atoms with Gasteiger partial charge in [-0.25, -0.2) is 0 Å². The summed E-state index contributed by atoms with van der Waals surface area (Å²) in [5.41, 5.74) is 3.66. The lowest BCUT2D eigenvalue weighted by Gasteiger charge is -2.19. The lowest BCUT2D eigenvalue weighted by molar-refractivity contribution is 0.102. The van der Waals surface area contributed by atoms with Gasteiger partial charge in [0.2, 0.25) is 0 Å². The lowest BCUT2D eigenvalue weighted by Crippen LogP contribution is -2.15. The predicted octanol–water partition coefficient (Wildman–Crippen LogP) is 2.70. The summed E-state index contributed by atoms with van der Waals surface area (Å²) < 4.78 is 5.16. The molecule has 2 heterocycles. The fraction of sp³-hybridized carbons (Fsp3) is 0.250. The molecule has 0 fully saturated rings. The van der Waals surface area contributed by atoms with Crippen LogP contribution in [0.3, 0.4) is 0 Å². The molecule has 3 rings (SSSR count). The van der Waals surface area contributed by atoms with Crippen LogP contribution in [0, 0.1) is 0 Å². The van der Waals surface area contributed by atoms with Crippen molar-refractivity contribution in [3.8, 4) is 5.75 Å². The Morgan fingerprint density at radius 2 is 2.29 bits per heavy atom. The maximum atomic E-state index is 12.3. The number of pyridine rings is 1. The van der Waals surface area contributed by atoms with Crippen molar-refractivity contribution >= 4 is 17.3 Å². The summed E-state index contributed by atoms with van der Waals surface area (Å²) in [5.74, 6) is 0.271. The molecule has 0 spiro atoms. The molecule has 0 saturated heterocycles. The van der Waals surface area contributed by atoms with E-state index in [2.05, 4.69) is 15.6 Å². The molecule has 108 valence electrons. The first kappa shape index (κ1) is 13.4. The number of ether oxygens (including phenoxy) is 1. The van der Waals surface area contributed by atoms with Crippen LogP contribution >= 0.6 is 0 Å². The van der Waals surface area contributed by atoms with Crippen molar-refractivity contribution in [1.29, 1.82) is 0 Å². The van der Waals surface area contributed by atoms with Crippen molar-refractivity contribution in [3.63, 3.8) is 0 Å². The summed E-state index contributed by atoms with van der Waals surface area (Å²) >= 11 is 0. The normalized spacial score (nSPS) is 13.0. The lowest BCUT2D eigenvalue weighted by atomic mass is 10.0. The molecule has 1 aliphatic rings. The molecule has 1 amide bonds. The minimum atomic E-state index is -0.196. The van der Waals surface area contributed by atoms with Gasteiger partial charge in [-0.1, -0.05) is 0 Å². The van der Waals surface area contributed by atoms with E-state index in [9.17, 15) is 4.79 Å². The molecule has 0 bridgehead atoms. The van der Waals surface area contributed by atoms with E-state index in [1.807, 2.05) is 18.2 Å². The van der Waals surface area contributed by atoms with Gasteiger partial charge in [-0.3, -0.25) is 9.78 Å². The number of hydrogen-bond donors (Lipinski definition) is 2. The van der Waals surface area contributed by atoms with E-state index in [1.165, 1.54) is 18.9 Å². The molecule has 1 aliphatic heterocycles. The van der Waals surface area contributed by atoms with Crippen molar-refractivity contribution in [1.82, 2.24) is 4.98 Å². The van der Waals surface area contributed by atoms with Crippen LogP contribution in [0.25, 0.3) is 0 Å². The number of carbonyl (C=O) groups is 1. The van der Waals surface area contributed by atoms with Crippen molar-refractivity contribution in [2.45, 2.75) is 12.8 Å². The standard InChI is InChI=1S/C16H17N3O2/c1-21-15-10-17-8-6-13(15)16(20)19-12-4-5-14-11(9-12)3-2-7-18-14/h4-6,8-10,18H,2-3,7H2,1H3,(H,19,20). The van der Waals surface area contributed by atoms with Gasteiger partial charge in [0.05, 0.1) is 18.9 Å². The number of amides is 1. The first-order valence-corrected chi connectivity index (χ1v) is 6.94. The molecule has 21 heavy (non-hydrogen) atoms. The summed E-state index contributed by atoms with van der Waals surface area (Å²) in [5, 5.41) is 6.26. The summed E-state index contributed by atoms with van der Waals surface area (Å²) in [6, 6.07) is 7.58. The number of rotatable bonds is 3. The number of carbonyl (C=O) groups excluding carboxylic acids is 1. The highest BCUT2D eigenvalue weighted by molar-refractivity contribution is 6.06. The maximum absolute atomic E-state index is 12.3. The smallest absolute Gasteiger partial charge is 0.259 e. The highest BCUT2D eigenvalue weighted by Gasteiger charge is 2.14. The molecule has 2 aromatic rings. The van der Waals surface area contributed by atoms with Crippen LogP contribution in [0.4, 0.5) is 11.4 Å². The van der Waals surface area contributed by atoms with Crippen molar-refractivity contribution < 1.29 is 9.53 Å². The van der Waals surface area contributed by atoms with E-state index in [0.29, 0.717) is 11.3 Å². The summed E-state index contributed by atoms with van der Waals surface area (Å²) in [4.78, 5) is 16.3. The third kappa shape index (κ3) is 2.81. The minimum absolute atomic E-state index is 0.196. The molecule has 0 atom stereocenters. The van der Waals surface area contributed by atoms with Gasteiger partial charge in [0, 0.05) is 24.1 Å². The van der Waals surface area contributed by atoms with Crippen LogP contribution in [0.15, 0.2) is 36.7 Å². The van der Waals surface area contributed by atoms with Gasteiger partial charge in [-0.15, -0.1) is 0 Å². The Hall–Kier alpha value is -2.56. The summed E-state index contributed by atoms with van der Waals surface area (Å²) in [6.07, 6.45) is 5.26. The second kappa shape index (κ2) is 5.83. The third-order valence-corrected chi connectivity index (χ3v) is 3.55. The van der Waals surface area contributed by atoms with Crippen LogP contribution in [0.2, 0.25) is 0 Å². The van der Waals surface area contributed by atoms with Gasteiger partial charge < -0.3 is 15.4 Å². The Morgan fingerprint density at radius 3 is 3.14 bits per heavy atom. The molecule has 2 N–H and O–H groups in total. The van der Waals surface area contributed by atoms with Crippen LogP contribution in [0.5, 0.6) is 5.75 Å². The van der Waals surface area contributed by atoms with Gasteiger partial charge in [0.15, 0.2) is 0 Å². The third-order valence-electron chi connectivity index (χ3n) is 3.55. The number of nitrogens with zero attached hydrogens (tertiary/aromatic N) is 1. The van der Waals surface area contributed by atoms with Gasteiger partial charge in [0.25, 0.3) is 5.91 Å². The molecular weight excluding hydrogens is 266 g/mol. The molecule has 0 aliphatic carbocycles. The first-order valence-electron chi connectivity index (χ1n) is 6.94. The van der Waals surface area contributed by atoms with Crippen LogP contribution in [0.1, 0.15) is 22.3 Å². The average molecular weight is 283 g/mol. The zero-order valence-corrected chi connectivity index (χ0v) is 11.8. The van der Waals surface area contributed by atoms with E-state index in [0.717, 1.165) is 30.8 Å². The molecule has 5 nitrogen and oxygen atoms in total. The molecule has 0 saturated carbocycles. The van der Waals surface area contributed by atoms with E-state index in [-0.39, 0.29) is 5.91 Å². The predicted molar refractivity (Wildman–Crippen MR) is 82.0 cm³/mol. The van der Waals surface area contributed by atoms with Crippen LogP contribution < -0.4 is 15.4 Å². The molecule has 1 aromatic heterocycles. The fourth-order valence-electron chi connectivity index (χ4n) is 2.48. The zero-order valence-electron chi connectivity index (χ0n) is 11.8. The van der Waals surface area contributed by atoms with E-state index in [4.69, 9.17) is 4.74 Å². The monoisotopic (exact) mass is 283 g/mol. The number of fused-ring (bicyclic) bond motifs is 1. The summed E-state index contributed by atoms with van der Waals surface area (Å²) in [6.45, 7) is 1.01. The summed E-state index contributed by atoms with van der Waals surface area (Å²) in [7, 11) is 1.53. The number of nitrogens with one attached hydrogen (secondary N) is 2. The highest BCUT2D eigenvalue weighted by atomic mass is 16.5. The van der Waals surface area contributed by atoms with Crippen LogP contribution in [-0.4, -0.2) is 24.5 Å². The van der Waals surface area contributed by atoms with Gasteiger partial charge in [0.1, 0.15) is 5.75 Å². The Morgan fingerprint density at radius 1 is 1.38 bits per heavy atom. The SMILES string of the molecule is COc1cnccc1C(=O)Nc1ccc2c(c1)CCCN2. The number of aryl methyl sites for hydroxylation is 1. The van der Waals surface area contributed by atoms with Crippen molar-refractivity contribution in [2.24, 2.45) is 0 Å². The number of hydrogen-bond acceptors (Lipinski definition) is 4. The van der Waals surface area contributed by atoms with Crippen LogP contribution in [-0.2, 0) is 6.42 Å². The Kier molecular flexibility index (Phi) is 3.73.